The van der Waals surface area contributed by atoms with Crippen molar-refractivity contribution in [1.82, 2.24) is 4.90 Å². The molecule has 0 saturated heterocycles. The van der Waals surface area contributed by atoms with Gasteiger partial charge in [0.05, 0.1) is 6.61 Å². The molecule has 0 unspecified atom stereocenters. The van der Waals surface area contributed by atoms with Gasteiger partial charge in [-0.05, 0) is 0 Å². The molecule has 0 aliphatic heterocycles. The van der Waals surface area contributed by atoms with Crippen LogP contribution in [0.25, 0.3) is 0 Å². The molecule has 0 aliphatic rings. The van der Waals surface area contributed by atoms with Crippen LogP contribution in [0.15, 0.2) is 0 Å². The Morgan fingerprint density at radius 3 is 1.22 bits per heavy atom. The summed E-state index contributed by atoms with van der Waals surface area (Å²) in [7, 11) is -8.73. The van der Waals surface area contributed by atoms with Gasteiger partial charge in [0, 0.05) is 125 Å². The van der Waals surface area contributed by atoms with Crippen molar-refractivity contribution < 1.29 is 33.8 Å². The van der Waals surface area contributed by atoms with E-state index in [4.69, 9.17) is 24.7 Å². The molecule has 0 aromatic rings. The Labute approximate surface area is 194 Å². The van der Waals surface area contributed by atoms with Gasteiger partial charge >= 0.3 is 15.2 Å². The number of aliphatic hydroxyl groups is 1. The fourth-order valence-corrected chi connectivity index (χ4v) is 2.53. The summed E-state index contributed by atoms with van der Waals surface area (Å²) in [6.45, 7) is -0.629. The second kappa shape index (κ2) is 16.1. The predicted molar refractivity (Wildman–Crippen MR) is 70.6 cm³/mol. The van der Waals surface area contributed by atoms with E-state index < -0.39 is 34.4 Å². The average Bonchev–Trinajstić information content (AvgIpc) is 1.78. The average molecular weight is 341 g/mol. The normalized spacial score (nSPS) is 10.6. The Kier molecular flexibility index (Phi) is 30.2. The van der Waals surface area contributed by atoms with E-state index in [1.165, 1.54) is 0 Å². The molecule has 90 valence electrons. The zero-order chi connectivity index (χ0) is 11.4. The van der Waals surface area contributed by atoms with E-state index >= 15 is 0 Å². The fourth-order valence-electron chi connectivity index (χ4n) is 0.849. The number of aliphatic hydroxyl groups excluding tert-OH is 1. The molecule has 14 heteroatoms. The Morgan fingerprint density at radius 2 is 1.06 bits per heavy atom. The number of hydrogen-bond acceptors (Lipinski definition) is 4. The summed E-state index contributed by atoms with van der Waals surface area (Å²) in [6, 6.07) is 0. The van der Waals surface area contributed by atoms with Gasteiger partial charge in [0.15, 0.2) is 0 Å². The SMILES string of the molecule is O=P(O)(O)CN(CCO)CP(=O)(O)O.[Na].[Na].[Na].[Na]. The first-order chi connectivity index (χ1) is 6.14. The van der Waals surface area contributed by atoms with Gasteiger partial charge in [0.25, 0.3) is 0 Å². The maximum Gasteiger partial charge on any atom is 0.339 e. The Balaban J connectivity index is -0.000000141. The standard InChI is InChI=1S/C4H13NO7P2.4Na/c6-2-1-5(3-13(7,8)9)4-14(10,11)12;;;;/h6H,1-4H2,(H2,7,8,9)(H2,10,11,12);;;;. The monoisotopic (exact) mass is 341 g/mol. The minimum Gasteiger partial charge on any atom is -0.395 e. The summed E-state index contributed by atoms with van der Waals surface area (Å²) in [5.41, 5.74) is 0. The first-order valence-corrected chi connectivity index (χ1v) is 7.16. The van der Waals surface area contributed by atoms with Crippen LogP contribution in [0, 0.1) is 0 Å². The Morgan fingerprint density at radius 1 is 0.778 bits per heavy atom. The maximum atomic E-state index is 10.5. The molecule has 0 aliphatic carbocycles. The van der Waals surface area contributed by atoms with E-state index in [2.05, 4.69) is 0 Å². The third-order valence-corrected chi connectivity index (χ3v) is 2.72. The van der Waals surface area contributed by atoms with E-state index in [0.29, 0.717) is 0 Å². The largest absolute Gasteiger partial charge is 0.395 e. The minimum absolute atomic E-state index is 0. The summed E-state index contributed by atoms with van der Waals surface area (Å²) in [5.74, 6) is 0. The van der Waals surface area contributed by atoms with E-state index in [1.807, 2.05) is 0 Å². The van der Waals surface area contributed by atoms with Crippen molar-refractivity contribution in [2.24, 2.45) is 0 Å². The van der Waals surface area contributed by atoms with Crippen LogP contribution in [-0.4, -0.2) is 174 Å². The van der Waals surface area contributed by atoms with Crippen LogP contribution in [0.4, 0.5) is 0 Å². The van der Waals surface area contributed by atoms with Crippen molar-refractivity contribution in [3.05, 3.63) is 0 Å². The third-order valence-electron chi connectivity index (χ3n) is 1.18. The molecule has 0 bridgehead atoms. The van der Waals surface area contributed by atoms with E-state index in [1.54, 1.807) is 0 Å². The smallest absolute Gasteiger partial charge is 0.339 e. The zero-order valence-electron chi connectivity index (χ0n) is 11.2. The molecular formula is C4H13NNa4O7P2. The Bertz CT molecular complexity index is 246. The van der Waals surface area contributed by atoms with Gasteiger partial charge in [0.1, 0.15) is 12.6 Å². The molecule has 4 radical (unpaired) electrons. The second-order valence-corrected chi connectivity index (χ2v) is 5.95. The van der Waals surface area contributed by atoms with Gasteiger partial charge in [-0.2, -0.15) is 0 Å². The molecule has 0 heterocycles. The molecule has 0 spiro atoms. The van der Waals surface area contributed by atoms with Crippen molar-refractivity contribution in [3.8, 4) is 0 Å². The van der Waals surface area contributed by atoms with Crippen LogP contribution in [-0.2, 0) is 9.13 Å². The first-order valence-electron chi connectivity index (χ1n) is 3.56. The predicted octanol–water partition coefficient (Wildman–Crippen LogP) is -2.97. The van der Waals surface area contributed by atoms with Crippen molar-refractivity contribution in [3.63, 3.8) is 0 Å². The summed E-state index contributed by atoms with van der Waals surface area (Å²) < 4.78 is 21.0. The van der Waals surface area contributed by atoms with E-state index in [9.17, 15) is 9.13 Å². The minimum atomic E-state index is -4.37. The molecule has 8 nitrogen and oxygen atoms in total. The van der Waals surface area contributed by atoms with Gasteiger partial charge in [-0.15, -0.1) is 0 Å². The van der Waals surface area contributed by atoms with Crippen molar-refractivity contribution in [2.45, 2.75) is 0 Å². The van der Waals surface area contributed by atoms with E-state index in [-0.39, 0.29) is 125 Å². The first kappa shape index (κ1) is 33.7. The fraction of sp³-hybridized carbons (Fsp3) is 1.00. The molecule has 0 aromatic carbocycles. The van der Waals surface area contributed by atoms with Crippen LogP contribution in [0.5, 0.6) is 0 Å². The van der Waals surface area contributed by atoms with Crippen molar-refractivity contribution in [2.75, 3.05) is 25.7 Å². The van der Waals surface area contributed by atoms with Crippen LogP contribution in [0.1, 0.15) is 0 Å². The molecule has 0 aromatic heterocycles. The van der Waals surface area contributed by atoms with Crippen molar-refractivity contribution in [1.29, 1.82) is 0 Å². The number of nitrogens with zero attached hydrogens (tertiary/aromatic N) is 1. The van der Waals surface area contributed by atoms with E-state index in [0.717, 1.165) is 4.90 Å². The Hall–Kier alpha value is 4.22. The van der Waals surface area contributed by atoms with Crippen LogP contribution in [0.2, 0.25) is 0 Å². The zero-order valence-corrected chi connectivity index (χ0v) is 21.0. The molecule has 0 amide bonds. The summed E-state index contributed by atoms with van der Waals surface area (Å²) >= 11 is 0. The third kappa shape index (κ3) is 25.2. The topological polar surface area (TPSA) is 139 Å². The molecule has 5 N–H and O–H groups in total. The summed E-state index contributed by atoms with van der Waals surface area (Å²) in [4.78, 5) is 35.0. The van der Waals surface area contributed by atoms with Gasteiger partial charge < -0.3 is 24.7 Å². The number of rotatable bonds is 6. The second-order valence-electron chi connectivity index (χ2n) is 2.73. The molecule has 0 saturated carbocycles. The molecule has 0 rings (SSSR count). The molecule has 0 fully saturated rings. The molecule has 18 heavy (non-hydrogen) atoms. The summed E-state index contributed by atoms with van der Waals surface area (Å²) in [6.07, 6.45) is -1.56. The maximum absolute atomic E-state index is 10.5. The van der Waals surface area contributed by atoms with Crippen LogP contribution in [0.3, 0.4) is 0 Å². The van der Waals surface area contributed by atoms with Gasteiger partial charge in [0.2, 0.25) is 0 Å². The van der Waals surface area contributed by atoms with Gasteiger partial charge in [-0.1, -0.05) is 0 Å². The van der Waals surface area contributed by atoms with Crippen LogP contribution >= 0.6 is 15.2 Å². The molecular weight excluding hydrogens is 328 g/mol. The van der Waals surface area contributed by atoms with Gasteiger partial charge in [-0.25, -0.2) is 0 Å². The quantitative estimate of drug-likeness (QED) is 0.255. The van der Waals surface area contributed by atoms with Gasteiger partial charge in [-0.3, -0.25) is 14.0 Å². The number of hydrogen-bond donors (Lipinski definition) is 5. The van der Waals surface area contributed by atoms with Crippen molar-refractivity contribution >= 4 is 133 Å². The van der Waals surface area contributed by atoms with Crippen LogP contribution < -0.4 is 0 Å². The summed E-state index contributed by atoms with van der Waals surface area (Å²) in [5, 5.41) is 8.48. The molecule has 0 atom stereocenters.